The van der Waals surface area contributed by atoms with Gasteiger partial charge in [0.25, 0.3) is 0 Å². The van der Waals surface area contributed by atoms with Crippen LogP contribution in [-0.4, -0.2) is 62.0 Å². The van der Waals surface area contributed by atoms with Crippen LogP contribution in [0.2, 0.25) is 0 Å². The number of nitrogens with zero attached hydrogens (tertiary/aromatic N) is 1. The Morgan fingerprint density at radius 3 is 2.83 bits per heavy atom. The lowest BCUT2D eigenvalue weighted by Gasteiger charge is -2.37. The Morgan fingerprint density at radius 1 is 1.39 bits per heavy atom. The van der Waals surface area contributed by atoms with Crippen molar-refractivity contribution in [3.05, 3.63) is 0 Å². The molecule has 106 valence electrons. The van der Waals surface area contributed by atoms with Crippen molar-refractivity contribution in [3.63, 3.8) is 0 Å². The molecule has 0 amide bonds. The maximum Gasteiger partial charge on any atom is 0.321 e. The summed E-state index contributed by atoms with van der Waals surface area (Å²) < 4.78 is 10.3. The third kappa shape index (κ3) is 4.92. The molecule has 0 aromatic carbocycles. The molecule has 18 heavy (non-hydrogen) atoms. The monoisotopic (exact) mass is 259 g/mol. The Hall–Kier alpha value is -0.650. The van der Waals surface area contributed by atoms with Crippen molar-refractivity contribution in [2.45, 2.75) is 32.2 Å². The van der Waals surface area contributed by atoms with Crippen molar-refractivity contribution < 1.29 is 19.4 Å². The van der Waals surface area contributed by atoms with Gasteiger partial charge in [0.1, 0.15) is 6.04 Å². The fraction of sp³-hybridized carbons (Fsp3) is 0.923. The van der Waals surface area contributed by atoms with E-state index in [9.17, 15) is 9.90 Å². The van der Waals surface area contributed by atoms with Crippen LogP contribution in [-0.2, 0) is 14.3 Å². The first kappa shape index (κ1) is 15.4. The molecule has 2 unspecified atom stereocenters. The van der Waals surface area contributed by atoms with Gasteiger partial charge in [-0.2, -0.15) is 0 Å². The van der Waals surface area contributed by atoms with Crippen LogP contribution in [0.4, 0.5) is 0 Å². The van der Waals surface area contributed by atoms with Crippen LogP contribution in [0.25, 0.3) is 0 Å². The average molecular weight is 259 g/mol. The summed E-state index contributed by atoms with van der Waals surface area (Å²) in [6.45, 7) is 5.60. The minimum absolute atomic E-state index is 0.241. The minimum atomic E-state index is -0.692. The van der Waals surface area contributed by atoms with E-state index in [-0.39, 0.29) is 12.0 Å². The second kappa shape index (κ2) is 8.45. The number of aliphatic carboxylic acids is 1. The summed E-state index contributed by atoms with van der Waals surface area (Å²) in [5.74, 6) is -0.451. The molecule has 0 aromatic rings. The van der Waals surface area contributed by atoms with Gasteiger partial charge in [-0.3, -0.25) is 9.69 Å². The van der Waals surface area contributed by atoms with Crippen molar-refractivity contribution >= 4 is 5.97 Å². The molecule has 5 nitrogen and oxygen atoms in total. The van der Waals surface area contributed by atoms with Crippen molar-refractivity contribution in [2.24, 2.45) is 5.92 Å². The Bertz CT molecular complexity index is 247. The molecule has 0 spiro atoms. The quantitative estimate of drug-likeness (QED) is 0.664. The standard InChI is InChI=1S/C13H25NO4/c1-11-5-3-6-14(12(11)13(15)16)7-4-8-18-10-9-17-2/h11-12H,3-10H2,1-2H3,(H,15,16). The number of ether oxygens (including phenoxy) is 2. The highest BCUT2D eigenvalue weighted by molar-refractivity contribution is 5.74. The summed E-state index contributed by atoms with van der Waals surface area (Å²) in [5.41, 5.74) is 0. The van der Waals surface area contributed by atoms with Crippen molar-refractivity contribution in [2.75, 3.05) is 40.0 Å². The van der Waals surface area contributed by atoms with Gasteiger partial charge in [0.2, 0.25) is 0 Å². The Kier molecular flexibility index (Phi) is 7.23. The Balaban J connectivity index is 2.24. The summed E-state index contributed by atoms with van der Waals surface area (Å²) in [7, 11) is 1.65. The molecule has 1 heterocycles. The molecule has 0 radical (unpaired) electrons. The number of piperidine rings is 1. The van der Waals surface area contributed by atoms with E-state index >= 15 is 0 Å². The molecule has 5 heteroatoms. The molecule has 0 bridgehead atoms. The lowest BCUT2D eigenvalue weighted by Crippen LogP contribution is -2.49. The maximum atomic E-state index is 11.3. The van der Waals surface area contributed by atoms with Crippen LogP contribution in [0.15, 0.2) is 0 Å². The van der Waals surface area contributed by atoms with E-state index in [1.807, 2.05) is 6.92 Å². The third-order valence-electron chi connectivity index (χ3n) is 3.46. The summed E-state index contributed by atoms with van der Waals surface area (Å²) in [4.78, 5) is 13.3. The van der Waals surface area contributed by atoms with Gasteiger partial charge in [-0.05, 0) is 31.7 Å². The lowest BCUT2D eigenvalue weighted by atomic mass is 9.91. The molecule has 1 aliphatic heterocycles. The zero-order valence-corrected chi connectivity index (χ0v) is 11.4. The average Bonchev–Trinajstić information content (AvgIpc) is 2.33. The second-order valence-electron chi connectivity index (χ2n) is 4.90. The zero-order chi connectivity index (χ0) is 13.4. The van der Waals surface area contributed by atoms with Gasteiger partial charge in [-0.1, -0.05) is 6.92 Å². The SMILES string of the molecule is COCCOCCCN1CCCC(C)C1C(=O)O. The van der Waals surface area contributed by atoms with Gasteiger partial charge in [-0.15, -0.1) is 0 Å². The van der Waals surface area contributed by atoms with Gasteiger partial charge in [0, 0.05) is 20.3 Å². The van der Waals surface area contributed by atoms with Crippen LogP contribution >= 0.6 is 0 Å². The van der Waals surface area contributed by atoms with Crippen LogP contribution in [0.1, 0.15) is 26.2 Å². The summed E-state index contributed by atoms with van der Waals surface area (Å²) in [6, 6.07) is -0.322. The number of rotatable bonds is 8. The van der Waals surface area contributed by atoms with Gasteiger partial charge in [-0.25, -0.2) is 0 Å². The van der Waals surface area contributed by atoms with Crippen LogP contribution in [0.5, 0.6) is 0 Å². The normalized spacial score (nSPS) is 25.2. The molecule has 0 aliphatic carbocycles. The predicted octanol–water partition coefficient (Wildman–Crippen LogP) is 1.22. The highest BCUT2D eigenvalue weighted by atomic mass is 16.5. The van der Waals surface area contributed by atoms with Crippen LogP contribution in [0, 0.1) is 5.92 Å². The number of carboxylic acids is 1. The van der Waals surface area contributed by atoms with E-state index in [1.165, 1.54) is 0 Å². The van der Waals surface area contributed by atoms with Crippen molar-refractivity contribution in [1.29, 1.82) is 0 Å². The molecule has 1 N–H and O–H groups in total. The maximum absolute atomic E-state index is 11.3. The number of carbonyl (C=O) groups is 1. The highest BCUT2D eigenvalue weighted by Gasteiger charge is 2.33. The summed E-state index contributed by atoms with van der Waals surface area (Å²) in [6.07, 6.45) is 2.98. The van der Waals surface area contributed by atoms with Gasteiger partial charge < -0.3 is 14.6 Å². The number of hydrogen-bond acceptors (Lipinski definition) is 4. The fourth-order valence-electron chi connectivity index (χ4n) is 2.54. The van der Waals surface area contributed by atoms with Gasteiger partial charge in [0.15, 0.2) is 0 Å². The van der Waals surface area contributed by atoms with E-state index in [2.05, 4.69) is 4.90 Å². The molecule has 2 atom stereocenters. The van der Waals surface area contributed by atoms with E-state index in [1.54, 1.807) is 7.11 Å². The lowest BCUT2D eigenvalue weighted by molar-refractivity contribution is -0.147. The molecular weight excluding hydrogens is 234 g/mol. The second-order valence-corrected chi connectivity index (χ2v) is 4.90. The van der Waals surface area contributed by atoms with E-state index in [4.69, 9.17) is 9.47 Å². The highest BCUT2D eigenvalue weighted by Crippen LogP contribution is 2.23. The topological polar surface area (TPSA) is 59.0 Å². The molecule has 1 saturated heterocycles. The number of likely N-dealkylation sites (tertiary alicyclic amines) is 1. The predicted molar refractivity (Wildman–Crippen MR) is 68.7 cm³/mol. The van der Waals surface area contributed by atoms with Crippen LogP contribution < -0.4 is 0 Å². The molecule has 1 aliphatic rings. The smallest absolute Gasteiger partial charge is 0.321 e. The Morgan fingerprint density at radius 2 is 2.17 bits per heavy atom. The molecule has 0 saturated carbocycles. The Labute approximate surface area is 109 Å². The van der Waals surface area contributed by atoms with E-state index < -0.39 is 5.97 Å². The summed E-state index contributed by atoms with van der Waals surface area (Å²) in [5, 5.41) is 9.26. The number of hydrogen-bond donors (Lipinski definition) is 1. The molecule has 0 aromatic heterocycles. The van der Waals surface area contributed by atoms with Crippen LogP contribution in [0.3, 0.4) is 0 Å². The van der Waals surface area contributed by atoms with Gasteiger partial charge >= 0.3 is 5.97 Å². The molecular formula is C13H25NO4. The molecule has 1 fully saturated rings. The first-order valence-electron chi connectivity index (χ1n) is 6.70. The largest absolute Gasteiger partial charge is 0.480 e. The fourth-order valence-corrected chi connectivity index (χ4v) is 2.54. The first-order chi connectivity index (χ1) is 8.66. The third-order valence-corrected chi connectivity index (χ3v) is 3.46. The molecule has 1 rings (SSSR count). The van der Waals surface area contributed by atoms with Crippen molar-refractivity contribution in [3.8, 4) is 0 Å². The van der Waals surface area contributed by atoms with E-state index in [0.717, 1.165) is 32.4 Å². The van der Waals surface area contributed by atoms with E-state index in [0.29, 0.717) is 19.8 Å². The minimum Gasteiger partial charge on any atom is -0.480 e. The first-order valence-corrected chi connectivity index (χ1v) is 6.70. The van der Waals surface area contributed by atoms with Gasteiger partial charge in [0.05, 0.1) is 13.2 Å². The summed E-state index contributed by atoms with van der Waals surface area (Å²) >= 11 is 0. The zero-order valence-electron chi connectivity index (χ0n) is 11.4. The van der Waals surface area contributed by atoms with Crippen molar-refractivity contribution in [1.82, 2.24) is 4.90 Å². The number of methoxy groups -OCH3 is 1. The number of carboxylic acid groups (broad SMARTS) is 1.